The molecule has 0 saturated carbocycles. The third kappa shape index (κ3) is 3.36. The highest BCUT2D eigenvalue weighted by Gasteiger charge is 2.11. The van der Waals surface area contributed by atoms with Crippen LogP contribution in [0.3, 0.4) is 0 Å². The predicted octanol–water partition coefficient (Wildman–Crippen LogP) is 4.40. The van der Waals surface area contributed by atoms with Crippen LogP contribution in [0.4, 0.5) is 4.39 Å². The van der Waals surface area contributed by atoms with E-state index in [9.17, 15) is 9.18 Å². The first-order valence-corrected chi connectivity index (χ1v) is 7.68. The normalized spacial score (nSPS) is 10.8. The summed E-state index contributed by atoms with van der Waals surface area (Å²) >= 11 is 5.92. The Morgan fingerprint density at radius 1 is 1.08 bits per heavy atom. The lowest BCUT2D eigenvalue weighted by atomic mass is 10.2. The topological polar surface area (TPSA) is 52.1 Å². The van der Waals surface area contributed by atoms with Crippen LogP contribution >= 0.6 is 11.6 Å². The van der Waals surface area contributed by atoms with Gasteiger partial charge in [0, 0.05) is 5.56 Å². The largest absolute Gasteiger partial charge is 0.457 e. The number of esters is 1. The second kappa shape index (κ2) is 6.53. The van der Waals surface area contributed by atoms with E-state index >= 15 is 0 Å². The van der Waals surface area contributed by atoms with Gasteiger partial charge in [-0.15, -0.1) is 0 Å². The molecule has 0 saturated heterocycles. The number of hydrogen-bond acceptors (Lipinski definition) is 4. The second-order valence-corrected chi connectivity index (χ2v) is 5.82. The van der Waals surface area contributed by atoms with Crippen molar-refractivity contribution in [3.63, 3.8) is 0 Å². The van der Waals surface area contributed by atoms with Gasteiger partial charge in [-0.3, -0.25) is 0 Å². The number of nitrogens with zero attached hydrogens (tertiary/aromatic N) is 2. The van der Waals surface area contributed by atoms with Crippen molar-refractivity contribution in [2.24, 2.45) is 0 Å². The van der Waals surface area contributed by atoms with Crippen molar-refractivity contribution in [3.05, 3.63) is 69.8 Å². The highest BCUT2D eigenvalue weighted by Crippen LogP contribution is 2.19. The lowest BCUT2D eigenvalue weighted by Crippen LogP contribution is -2.06. The fourth-order valence-corrected chi connectivity index (χ4v) is 2.44. The van der Waals surface area contributed by atoms with E-state index in [2.05, 4.69) is 9.97 Å². The molecule has 6 heteroatoms. The first-order chi connectivity index (χ1) is 11.4. The highest BCUT2D eigenvalue weighted by molar-refractivity contribution is 6.31. The fourth-order valence-electron chi connectivity index (χ4n) is 2.22. The summed E-state index contributed by atoms with van der Waals surface area (Å²) in [4.78, 5) is 21.1. The lowest BCUT2D eigenvalue weighted by molar-refractivity contribution is 0.0473. The molecular formula is C18H14ClFN2O2. The summed E-state index contributed by atoms with van der Waals surface area (Å²) in [7, 11) is 0. The van der Waals surface area contributed by atoms with Crippen LogP contribution in [0.1, 0.15) is 27.3 Å². The number of aryl methyl sites for hydroxylation is 2. The number of benzene rings is 2. The zero-order chi connectivity index (χ0) is 17.3. The maximum absolute atomic E-state index is 13.0. The molecular weight excluding hydrogens is 331 g/mol. The fraction of sp³-hybridized carbons (Fsp3) is 0.167. The molecule has 0 amide bonds. The van der Waals surface area contributed by atoms with E-state index in [0.29, 0.717) is 16.6 Å². The van der Waals surface area contributed by atoms with Crippen molar-refractivity contribution >= 4 is 28.6 Å². The number of carbonyl (C=O) groups is 1. The van der Waals surface area contributed by atoms with Gasteiger partial charge in [0.15, 0.2) is 0 Å². The Labute approximate surface area is 143 Å². The van der Waals surface area contributed by atoms with E-state index < -0.39 is 11.8 Å². The Morgan fingerprint density at radius 3 is 2.50 bits per heavy atom. The number of fused-ring (bicyclic) bond motifs is 1. The first-order valence-electron chi connectivity index (χ1n) is 7.30. The van der Waals surface area contributed by atoms with E-state index in [1.165, 1.54) is 18.2 Å². The number of carbonyl (C=O) groups excluding carboxylic acids is 1. The molecule has 0 atom stereocenters. The molecule has 0 spiro atoms. The molecule has 1 aromatic heterocycles. The van der Waals surface area contributed by atoms with Gasteiger partial charge < -0.3 is 4.74 Å². The SMILES string of the molecule is Cc1nc2ccc(C(=O)OCc3ccc(F)cc3Cl)cc2nc1C. The summed E-state index contributed by atoms with van der Waals surface area (Å²) in [6.45, 7) is 3.72. The van der Waals surface area contributed by atoms with Gasteiger partial charge in [0.25, 0.3) is 0 Å². The van der Waals surface area contributed by atoms with E-state index in [1.54, 1.807) is 18.2 Å². The zero-order valence-electron chi connectivity index (χ0n) is 13.1. The van der Waals surface area contributed by atoms with Crippen molar-refractivity contribution in [2.75, 3.05) is 0 Å². The van der Waals surface area contributed by atoms with E-state index in [1.807, 2.05) is 13.8 Å². The third-order valence-corrected chi connectivity index (χ3v) is 4.04. The minimum Gasteiger partial charge on any atom is -0.457 e. The average Bonchev–Trinajstić information content (AvgIpc) is 2.54. The number of halogens is 2. The minimum atomic E-state index is -0.502. The van der Waals surface area contributed by atoms with Crippen LogP contribution in [0.15, 0.2) is 36.4 Å². The molecule has 4 nitrogen and oxygen atoms in total. The number of hydrogen-bond donors (Lipinski definition) is 0. The number of ether oxygens (including phenoxy) is 1. The molecule has 0 aliphatic heterocycles. The van der Waals surface area contributed by atoms with Gasteiger partial charge in [0.05, 0.1) is 33.0 Å². The van der Waals surface area contributed by atoms with Gasteiger partial charge in [-0.2, -0.15) is 0 Å². The van der Waals surface area contributed by atoms with Crippen molar-refractivity contribution in [1.29, 1.82) is 0 Å². The molecule has 3 aromatic rings. The van der Waals surface area contributed by atoms with Gasteiger partial charge >= 0.3 is 5.97 Å². The van der Waals surface area contributed by atoms with Gasteiger partial charge in [0.1, 0.15) is 12.4 Å². The molecule has 24 heavy (non-hydrogen) atoms. The van der Waals surface area contributed by atoms with Crippen molar-refractivity contribution in [3.8, 4) is 0 Å². The second-order valence-electron chi connectivity index (χ2n) is 5.41. The minimum absolute atomic E-state index is 0.0331. The van der Waals surface area contributed by atoms with Gasteiger partial charge in [-0.25, -0.2) is 19.2 Å². The third-order valence-electron chi connectivity index (χ3n) is 3.68. The zero-order valence-corrected chi connectivity index (χ0v) is 13.9. The Hall–Kier alpha value is -2.53. The Balaban J connectivity index is 1.79. The summed E-state index contributed by atoms with van der Waals surface area (Å²) < 4.78 is 18.3. The van der Waals surface area contributed by atoms with Gasteiger partial charge in [0.2, 0.25) is 0 Å². The van der Waals surface area contributed by atoms with Crippen LogP contribution in [0.25, 0.3) is 11.0 Å². The molecule has 122 valence electrons. The summed E-state index contributed by atoms with van der Waals surface area (Å²) in [5.74, 6) is -0.939. The summed E-state index contributed by atoms with van der Waals surface area (Å²) in [6.07, 6.45) is 0. The smallest absolute Gasteiger partial charge is 0.338 e. The Bertz CT molecular complexity index is 944. The molecule has 3 rings (SSSR count). The standard InChI is InChI=1S/C18H14ClFN2O2/c1-10-11(2)22-17-7-12(4-6-16(17)21-10)18(23)24-9-13-3-5-14(20)8-15(13)19/h3-8H,9H2,1-2H3. The number of rotatable bonds is 3. The molecule has 0 unspecified atom stereocenters. The van der Waals surface area contributed by atoms with E-state index in [0.717, 1.165) is 16.9 Å². The van der Waals surface area contributed by atoms with Crippen LogP contribution in [0, 0.1) is 19.7 Å². The monoisotopic (exact) mass is 344 g/mol. The van der Waals surface area contributed by atoms with Crippen molar-refractivity contribution in [1.82, 2.24) is 9.97 Å². The number of aromatic nitrogens is 2. The average molecular weight is 345 g/mol. The van der Waals surface area contributed by atoms with Gasteiger partial charge in [-0.05, 0) is 44.2 Å². The molecule has 0 aliphatic carbocycles. The molecule has 0 fully saturated rings. The summed E-state index contributed by atoms with van der Waals surface area (Å²) in [5.41, 5.74) is 3.93. The molecule has 0 radical (unpaired) electrons. The molecule has 0 N–H and O–H groups in total. The van der Waals surface area contributed by atoms with Crippen molar-refractivity contribution < 1.29 is 13.9 Å². The first kappa shape index (κ1) is 16.3. The molecule has 0 aliphatic rings. The maximum Gasteiger partial charge on any atom is 0.338 e. The predicted molar refractivity (Wildman–Crippen MR) is 89.5 cm³/mol. The summed E-state index contributed by atoms with van der Waals surface area (Å²) in [5, 5.41) is 0.221. The van der Waals surface area contributed by atoms with Crippen LogP contribution < -0.4 is 0 Å². The van der Waals surface area contributed by atoms with Crippen LogP contribution in [-0.4, -0.2) is 15.9 Å². The molecule has 2 aromatic carbocycles. The Kier molecular flexibility index (Phi) is 4.44. The maximum atomic E-state index is 13.0. The quantitative estimate of drug-likeness (QED) is 0.661. The van der Waals surface area contributed by atoms with Crippen LogP contribution in [0.5, 0.6) is 0 Å². The van der Waals surface area contributed by atoms with E-state index in [4.69, 9.17) is 16.3 Å². The van der Waals surface area contributed by atoms with Gasteiger partial charge in [-0.1, -0.05) is 17.7 Å². The highest BCUT2D eigenvalue weighted by atomic mass is 35.5. The van der Waals surface area contributed by atoms with E-state index in [-0.39, 0.29) is 11.6 Å². The summed E-state index contributed by atoms with van der Waals surface area (Å²) in [6, 6.07) is 8.95. The Morgan fingerprint density at radius 2 is 1.79 bits per heavy atom. The lowest BCUT2D eigenvalue weighted by Gasteiger charge is -2.08. The molecule has 1 heterocycles. The molecule has 0 bridgehead atoms. The van der Waals surface area contributed by atoms with Crippen LogP contribution in [0.2, 0.25) is 5.02 Å². The van der Waals surface area contributed by atoms with Crippen LogP contribution in [-0.2, 0) is 11.3 Å². The van der Waals surface area contributed by atoms with Crippen molar-refractivity contribution in [2.45, 2.75) is 20.5 Å².